The molecule has 0 unspecified atom stereocenters. The summed E-state index contributed by atoms with van der Waals surface area (Å²) in [5.74, 6) is 0. The molecule has 4 aromatic carbocycles. The van der Waals surface area contributed by atoms with Crippen molar-refractivity contribution in [2.45, 2.75) is 206 Å². The summed E-state index contributed by atoms with van der Waals surface area (Å²) in [4.78, 5) is 10.4. The Labute approximate surface area is 437 Å². The van der Waals surface area contributed by atoms with Gasteiger partial charge in [-0.3, -0.25) is 0 Å². The SMILES string of the molecule is CC(C)(C)c1ccc2c(c1)N(CCCCCCO)c1ccc(C(C)(C)CCC(C)(C)c3ccc4c(c3)N(CCCCCCO)c3cc(C(C)(C)C)ccc3N4CCCCCCO)cc1N2CCCCCCO. The number of benzene rings is 4. The van der Waals surface area contributed by atoms with Crippen LogP contribution < -0.4 is 19.6 Å². The van der Waals surface area contributed by atoms with Gasteiger partial charge < -0.3 is 40.0 Å². The van der Waals surface area contributed by atoms with Gasteiger partial charge in [-0.25, -0.2) is 0 Å². The second-order valence-corrected chi connectivity index (χ2v) is 24.7. The van der Waals surface area contributed by atoms with Crippen molar-refractivity contribution in [3.05, 3.63) is 95.1 Å². The third-order valence-electron chi connectivity index (χ3n) is 16.1. The highest BCUT2D eigenvalue weighted by molar-refractivity contribution is 5.95. The average molecular weight is 988 g/mol. The van der Waals surface area contributed by atoms with Crippen molar-refractivity contribution in [3.63, 3.8) is 0 Å². The lowest BCUT2D eigenvalue weighted by molar-refractivity contribution is 0.282. The molecule has 0 aliphatic carbocycles. The van der Waals surface area contributed by atoms with Crippen molar-refractivity contribution >= 4 is 45.5 Å². The monoisotopic (exact) mass is 987 g/mol. The van der Waals surface area contributed by atoms with Gasteiger partial charge in [0.05, 0.1) is 45.5 Å². The lowest BCUT2D eigenvalue weighted by Gasteiger charge is -2.43. The summed E-state index contributed by atoms with van der Waals surface area (Å²) in [7, 11) is 0. The van der Waals surface area contributed by atoms with Crippen LogP contribution in [0.2, 0.25) is 0 Å². The molecule has 8 heteroatoms. The Morgan fingerprint density at radius 2 is 0.500 bits per heavy atom. The zero-order chi connectivity index (χ0) is 52.1. The summed E-state index contributed by atoms with van der Waals surface area (Å²) < 4.78 is 0. The fraction of sp³-hybridized carbons (Fsp3) is 0.625. The first-order valence-electron chi connectivity index (χ1n) is 28.5. The Balaban J connectivity index is 1.33. The Morgan fingerprint density at radius 3 is 0.764 bits per heavy atom. The highest BCUT2D eigenvalue weighted by atomic mass is 16.3. The summed E-state index contributed by atoms with van der Waals surface area (Å²) in [6.45, 7) is 28.4. The number of nitrogens with zero attached hydrogens (tertiary/aromatic N) is 4. The number of aliphatic hydroxyl groups is 4. The molecule has 0 radical (unpaired) electrons. The van der Waals surface area contributed by atoms with Gasteiger partial charge in [-0.1, -0.05) is 145 Å². The second-order valence-electron chi connectivity index (χ2n) is 24.7. The van der Waals surface area contributed by atoms with E-state index in [2.05, 4.69) is 162 Å². The Kier molecular flexibility index (Phi) is 20.6. The normalized spacial score (nSPS) is 13.9. The van der Waals surface area contributed by atoms with Gasteiger partial charge in [0.1, 0.15) is 0 Å². The molecular formula is C64H98N4O4. The molecule has 0 spiro atoms. The number of fused-ring (bicyclic) bond motifs is 4. The maximum absolute atomic E-state index is 9.58. The van der Waals surface area contributed by atoms with Crippen molar-refractivity contribution < 1.29 is 20.4 Å². The summed E-state index contributed by atoms with van der Waals surface area (Å²) in [6.07, 6.45) is 18.3. The van der Waals surface area contributed by atoms with Crippen molar-refractivity contribution in [2.24, 2.45) is 0 Å². The quantitative estimate of drug-likeness (QED) is 0.0400. The third-order valence-corrected chi connectivity index (χ3v) is 16.1. The second kappa shape index (κ2) is 25.9. The third kappa shape index (κ3) is 14.4. The molecule has 4 aromatic rings. The molecule has 0 atom stereocenters. The maximum atomic E-state index is 9.58. The first-order valence-corrected chi connectivity index (χ1v) is 28.5. The van der Waals surface area contributed by atoms with E-state index in [0.29, 0.717) is 0 Å². The molecule has 0 amide bonds. The molecule has 0 bridgehead atoms. The minimum Gasteiger partial charge on any atom is -0.396 e. The molecule has 398 valence electrons. The molecule has 4 N–H and O–H groups in total. The van der Waals surface area contributed by atoms with E-state index in [1.165, 1.54) is 67.8 Å². The fourth-order valence-electron chi connectivity index (χ4n) is 11.0. The van der Waals surface area contributed by atoms with E-state index >= 15 is 0 Å². The van der Waals surface area contributed by atoms with Crippen LogP contribution in [0.3, 0.4) is 0 Å². The highest BCUT2D eigenvalue weighted by Crippen LogP contribution is 2.53. The van der Waals surface area contributed by atoms with Gasteiger partial charge in [-0.2, -0.15) is 0 Å². The number of hydrogen-bond donors (Lipinski definition) is 4. The molecule has 0 fully saturated rings. The molecule has 0 aromatic heterocycles. The highest BCUT2D eigenvalue weighted by Gasteiger charge is 2.35. The Bertz CT molecular complexity index is 2310. The number of hydrogen-bond acceptors (Lipinski definition) is 8. The van der Waals surface area contributed by atoms with Gasteiger partial charge in [0.15, 0.2) is 0 Å². The van der Waals surface area contributed by atoms with Crippen molar-refractivity contribution in [3.8, 4) is 0 Å². The fourth-order valence-corrected chi connectivity index (χ4v) is 11.0. The van der Waals surface area contributed by atoms with E-state index in [0.717, 1.165) is 142 Å². The first-order chi connectivity index (χ1) is 34.4. The van der Waals surface area contributed by atoms with Gasteiger partial charge in [-0.15, -0.1) is 0 Å². The topological polar surface area (TPSA) is 93.9 Å². The first kappa shape index (κ1) is 57.2. The number of unbranched alkanes of at least 4 members (excludes halogenated alkanes) is 12. The molecule has 2 aliphatic heterocycles. The molecule has 0 saturated carbocycles. The summed E-state index contributed by atoms with van der Waals surface area (Å²) >= 11 is 0. The van der Waals surface area contributed by atoms with E-state index < -0.39 is 0 Å². The molecule has 2 heterocycles. The lowest BCUT2D eigenvalue weighted by Crippen LogP contribution is -2.32. The zero-order valence-corrected chi connectivity index (χ0v) is 46.9. The predicted molar refractivity (Wildman–Crippen MR) is 309 cm³/mol. The van der Waals surface area contributed by atoms with Crippen molar-refractivity contribution in [2.75, 3.05) is 72.2 Å². The minimum absolute atomic E-state index is 0.0196. The summed E-state index contributed by atoms with van der Waals surface area (Å²) in [5, 5.41) is 38.2. The van der Waals surface area contributed by atoms with Crippen LogP contribution in [0, 0.1) is 0 Å². The number of aliphatic hydroxyl groups excluding tert-OH is 4. The Morgan fingerprint density at radius 1 is 0.278 bits per heavy atom. The van der Waals surface area contributed by atoms with E-state index in [-0.39, 0.29) is 48.1 Å². The van der Waals surface area contributed by atoms with Gasteiger partial charge in [0.2, 0.25) is 0 Å². The van der Waals surface area contributed by atoms with Crippen LogP contribution in [-0.2, 0) is 21.7 Å². The number of rotatable bonds is 29. The van der Waals surface area contributed by atoms with Crippen LogP contribution in [0.25, 0.3) is 0 Å². The van der Waals surface area contributed by atoms with Crippen LogP contribution in [-0.4, -0.2) is 73.0 Å². The van der Waals surface area contributed by atoms with Gasteiger partial charge in [0.25, 0.3) is 0 Å². The largest absolute Gasteiger partial charge is 0.396 e. The predicted octanol–water partition coefficient (Wildman–Crippen LogP) is 15.7. The molecular weight excluding hydrogens is 889 g/mol. The van der Waals surface area contributed by atoms with E-state index in [1.807, 2.05) is 0 Å². The molecule has 0 saturated heterocycles. The summed E-state index contributed by atoms with van der Waals surface area (Å²) in [6, 6.07) is 29.0. The smallest absolute Gasteiger partial charge is 0.0655 e. The van der Waals surface area contributed by atoms with Gasteiger partial charge in [-0.05, 0) is 157 Å². The molecule has 72 heavy (non-hydrogen) atoms. The number of anilines is 8. The molecule has 6 rings (SSSR count). The zero-order valence-electron chi connectivity index (χ0n) is 46.9. The standard InChI is InChI=1S/C64H98N4O4/c1-61(2,3)49-28-32-55-57(45-49)66(38-20-12-16-24-42-70)56-34-30-51(47-59(56)67(55)39-21-13-17-25-43-71)63(7,8)35-36-64(9,10)52-29-33-54-60(48-52)68(40-22-14-18-26-44-72)58-46-50(62(4,5)6)27-31-53(58)65(54)37-19-11-15-23-41-69/h27-34,45-48,69-72H,11-26,35-44H2,1-10H3. The van der Waals surface area contributed by atoms with Gasteiger partial charge in [0, 0.05) is 52.6 Å². The lowest BCUT2D eigenvalue weighted by atomic mass is 9.72. The van der Waals surface area contributed by atoms with Crippen LogP contribution in [0.5, 0.6) is 0 Å². The maximum Gasteiger partial charge on any atom is 0.0655 e. The van der Waals surface area contributed by atoms with E-state index in [9.17, 15) is 20.4 Å². The Hall–Kier alpha value is -4.08. The van der Waals surface area contributed by atoms with E-state index in [1.54, 1.807) is 0 Å². The van der Waals surface area contributed by atoms with Crippen LogP contribution >= 0.6 is 0 Å². The average Bonchev–Trinajstić information content (AvgIpc) is 3.35. The van der Waals surface area contributed by atoms with Crippen LogP contribution in [0.4, 0.5) is 45.5 Å². The summed E-state index contributed by atoms with van der Waals surface area (Å²) in [5.41, 5.74) is 15.6. The van der Waals surface area contributed by atoms with Crippen LogP contribution in [0.1, 0.15) is 207 Å². The van der Waals surface area contributed by atoms with Gasteiger partial charge >= 0.3 is 0 Å². The molecule has 2 aliphatic rings. The molecule has 8 nitrogen and oxygen atoms in total. The van der Waals surface area contributed by atoms with E-state index in [4.69, 9.17) is 0 Å². The van der Waals surface area contributed by atoms with Crippen molar-refractivity contribution in [1.29, 1.82) is 0 Å². The van der Waals surface area contributed by atoms with Crippen LogP contribution in [0.15, 0.2) is 72.8 Å². The van der Waals surface area contributed by atoms with Crippen molar-refractivity contribution in [1.82, 2.24) is 0 Å². The minimum atomic E-state index is -0.0902.